The number of aliphatic hydroxyl groups is 1. The second-order valence-corrected chi connectivity index (χ2v) is 4.86. The van der Waals surface area contributed by atoms with Crippen LogP contribution in [0.3, 0.4) is 0 Å². The van der Waals surface area contributed by atoms with Crippen LogP contribution in [0.5, 0.6) is 0 Å². The van der Waals surface area contributed by atoms with Gasteiger partial charge in [0.2, 0.25) is 0 Å². The van der Waals surface area contributed by atoms with E-state index in [1.807, 2.05) is 32.0 Å². The zero-order valence-corrected chi connectivity index (χ0v) is 11.5. The van der Waals surface area contributed by atoms with Crippen molar-refractivity contribution in [1.29, 1.82) is 0 Å². The number of hydrogen-bond acceptors (Lipinski definition) is 3. The Hall–Kier alpha value is -1.65. The van der Waals surface area contributed by atoms with Crippen LogP contribution in [0, 0.1) is 13.8 Å². The monoisotopic (exact) mass is 259 g/mol. The van der Waals surface area contributed by atoms with Crippen LogP contribution in [0.1, 0.15) is 22.5 Å². The Kier molecular flexibility index (Phi) is 4.71. The van der Waals surface area contributed by atoms with Gasteiger partial charge in [0.25, 0.3) is 0 Å². The second-order valence-electron chi connectivity index (χ2n) is 4.86. The maximum atomic E-state index is 9.47. The Labute approximate surface area is 113 Å². The Bertz CT molecular complexity index is 488. The fourth-order valence-electron chi connectivity index (χ4n) is 2.18. The summed E-state index contributed by atoms with van der Waals surface area (Å²) in [4.78, 5) is 0. The van der Waals surface area contributed by atoms with Crippen LogP contribution in [0.15, 0.2) is 30.3 Å². The van der Waals surface area contributed by atoms with Crippen molar-refractivity contribution in [3.63, 3.8) is 0 Å². The largest absolute Gasteiger partial charge is 0.395 e. The Morgan fingerprint density at radius 1 is 1.26 bits per heavy atom. The third-order valence-corrected chi connectivity index (χ3v) is 3.39. The molecule has 0 unspecified atom stereocenters. The van der Waals surface area contributed by atoms with Crippen molar-refractivity contribution in [3.8, 4) is 0 Å². The number of hydrogen-bond donors (Lipinski definition) is 3. The average Bonchev–Trinajstić information content (AvgIpc) is 2.75. The van der Waals surface area contributed by atoms with Gasteiger partial charge in [0.05, 0.1) is 12.3 Å². The van der Waals surface area contributed by atoms with Crippen LogP contribution in [0.2, 0.25) is 0 Å². The number of rotatable bonds is 6. The third-order valence-electron chi connectivity index (χ3n) is 3.39. The van der Waals surface area contributed by atoms with Gasteiger partial charge in [-0.3, -0.25) is 5.10 Å². The first kappa shape index (κ1) is 13.8. The summed E-state index contributed by atoms with van der Waals surface area (Å²) in [6.45, 7) is 4.87. The summed E-state index contributed by atoms with van der Waals surface area (Å²) in [7, 11) is 0. The van der Waals surface area contributed by atoms with Crippen LogP contribution in [0.25, 0.3) is 0 Å². The van der Waals surface area contributed by atoms with Crippen LogP contribution in [-0.2, 0) is 13.0 Å². The summed E-state index contributed by atoms with van der Waals surface area (Å²) in [5.41, 5.74) is 4.52. The molecule has 0 saturated heterocycles. The first-order valence-electron chi connectivity index (χ1n) is 6.59. The maximum Gasteiger partial charge on any atom is 0.0638 e. The lowest BCUT2D eigenvalue weighted by atomic mass is 10.1. The predicted molar refractivity (Wildman–Crippen MR) is 75.9 cm³/mol. The maximum absolute atomic E-state index is 9.47. The van der Waals surface area contributed by atoms with E-state index >= 15 is 0 Å². The Morgan fingerprint density at radius 3 is 2.58 bits per heavy atom. The molecule has 0 aliphatic rings. The van der Waals surface area contributed by atoms with E-state index in [1.54, 1.807) is 0 Å². The van der Waals surface area contributed by atoms with Gasteiger partial charge in [0, 0.05) is 23.8 Å². The van der Waals surface area contributed by atoms with E-state index in [-0.39, 0.29) is 12.6 Å². The molecule has 4 heteroatoms. The lowest BCUT2D eigenvalue weighted by Gasteiger charge is -2.16. The molecule has 0 aliphatic carbocycles. The third kappa shape index (κ3) is 3.66. The molecule has 1 aromatic heterocycles. The Morgan fingerprint density at radius 2 is 2.00 bits per heavy atom. The minimum Gasteiger partial charge on any atom is -0.395 e. The summed E-state index contributed by atoms with van der Waals surface area (Å²) in [5.74, 6) is 0. The highest BCUT2D eigenvalue weighted by Gasteiger charge is 2.11. The van der Waals surface area contributed by atoms with Gasteiger partial charge < -0.3 is 10.4 Å². The molecule has 0 spiro atoms. The molecular formula is C15H21N3O. The van der Waals surface area contributed by atoms with Gasteiger partial charge in [-0.2, -0.15) is 5.10 Å². The minimum absolute atomic E-state index is 0.0658. The summed E-state index contributed by atoms with van der Waals surface area (Å²) >= 11 is 0. The SMILES string of the molecule is Cc1n[nH]c(C)c1CN[C@@H](CO)Cc1ccccc1. The van der Waals surface area contributed by atoms with Gasteiger partial charge in [0.1, 0.15) is 0 Å². The van der Waals surface area contributed by atoms with Crippen LogP contribution < -0.4 is 5.32 Å². The van der Waals surface area contributed by atoms with Crippen molar-refractivity contribution in [2.45, 2.75) is 32.9 Å². The summed E-state index contributed by atoms with van der Waals surface area (Å²) < 4.78 is 0. The lowest BCUT2D eigenvalue weighted by Crippen LogP contribution is -2.34. The number of aromatic amines is 1. The van der Waals surface area contributed by atoms with Crippen LogP contribution in [-0.4, -0.2) is 28.0 Å². The Balaban J connectivity index is 1.93. The van der Waals surface area contributed by atoms with Gasteiger partial charge in [-0.1, -0.05) is 30.3 Å². The van der Waals surface area contributed by atoms with E-state index in [4.69, 9.17) is 0 Å². The fraction of sp³-hybridized carbons (Fsp3) is 0.400. The van der Waals surface area contributed by atoms with Crippen LogP contribution >= 0.6 is 0 Å². The highest BCUT2D eigenvalue weighted by Crippen LogP contribution is 2.10. The van der Waals surface area contributed by atoms with E-state index in [1.165, 1.54) is 11.1 Å². The predicted octanol–water partition coefficient (Wildman–Crippen LogP) is 1.72. The van der Waals surface area contributed by atoms with E-state index in [2.05, 4.69) is 27.6 Å². The van der Waals surface area contributed by atoms with Gasteiger partial charge in [-0.05, 0) is 25.8 Å². The highest BCUT2D eigenvalue weighted by atomic mass is 16.3. The van der Waals surface area contributed by atoms with Crippen molar-refractivity contribution in [2.75, 3.05) is 6.61 Å². The van der Waals surface area contributed by atoms with Gasteiger partial charge in [-0.15, -0.1) is 0 Å². The number of aliphatic hydroxyl groups excluding tert-OH is 1. The highest BCUT2D eigenvalue weighted by molar-refractivity contribution is 5.23. The number of aromatic nitrogens is 2. The van der Waals surface area contributed by atoms with E-state index in [0.29, 0.717) is 0 Å². The molecule has 0 fully saturated rings. The molecule has 102 valence electrons. The van der Waals surface area contributed by atoms with Crippen LogP contribution in [0.4, 0.5) is 0 Å². The van der Waals surface area contributed by atoms with Gasteiger partial charge in [-0.25, -0.2) is 0 Å². The standard InChI is InChI=1S/C15H21N3O/c1-11-15(12(2)18-17-11)9-16-14(10-19)8-13-6-4-3-5-7-13/h3-7,14,16,19H,8-10H2,1-2H3,(H,17,18)/t14-/m1/s1. The van der Waals surface area contributed by atoms with Crippen molar-refractivity contribution in [3.05, 3.63) is 52.8 Å². The number of aryl methyl sites for hydroxylation is 2. The van der Waals surface area contributed by atoms with Crippen molar-refractivity contribution >= 4 is 0 Å². The topological polar surface area (TPSA) is 60.9 Å². The quantitative estimate of drug-likeness (QED) is 0.740. The summed E-state index contributed by atoms with van der Waals surface area (Å²) in [6.07, 6.45) is 0.827. The molecule has 1 heterocycles. The first-order valence-corrected chi connectivity index (χ1v) is 6.59. The number of H-pyrrole nitrogens is 1. The van der Waals surface area contributed by atoms with Crippen molar-refractivity contribution in [2.24, 2.45) is 0 Å². The van der Waals surface area contributed by atoms with Gasteiger partial charge in [0.15, 0.2) is 0 Å². The normalized spacial score (nSPS) is 12.6. The number of nitrogens with one attached hydrogen (secondary N) is 2. The molecule has 19 heavy (non-hydrogen) atoms. The second kappa shape index (κ2) is 6.50. The van der Waals surface area contributed by atoms with Crippen molar-refractivity contribution < 1.29 is 5.11 Å². The molecule has 4 nitrogen and oxygen atoms in total. The smallest absolute Gasteiger partial charge is 0.0638 e. The molecule has 2 rings (SSSR count). The molecule has 0 radical (unpaired) electrons. The molecule has 0 amide bonds. The molecule has 3 N–H and O–H groups in total. The number of nitrogens with zero attached hydrogens (tertiary/aromatic N) is 1. The van der Waals surface area contributed by atoms with Gasteiger partial charge >= 0.3 is 0 Å². The van der Waals surface area contributed by atoms with E-state index in [0.717, 1.165) is 24.4 Å². The zero-order valence-electron chi connectivity index (χ0n) is 11.5. The molecule has 0 bridgehead atoms. The first-order chi connectivity index (χ1) is 9.20. The zero-order chi connectivity index (χ0) is 13.7. The molecule has 0 saturated carbocycles. The average molecular weight is 259 g/mol. The fourth-order valence-corrected chi connectivity index (χ4v) is 2.18. The lowest BCUT2D eigenvalue weighted by molar-refractivity contribution is 0.240. The van der Waals surface area contributed by atoms with E-state index in [9.17, 15) is 5.11 Å². The van der Waals surface area contributed by atoms with E-state index < -0.39 is 0 Å². The molecule has 0 aliphatic heterocycles. The summed E-state index contributed by atoms with van der Waals surface area (Å²) in [5, 5.41) is 20.0. The summed E-state index contributed by atoms with van der Waals surface area (Å²) in [6, 6.07) is 10.3. The molecule has 1 aromatic carbocycles. The minimum atomic E-state index is 0.0658. The molecule has 1 atom stereocenters. The number of benzene rings is 1. The molecular weight excluding hydrogens is 238 g/mol. The van der Waals surface area contributed by atoms with Crippen molar-refractivity contribution in [1.82, 2.24) is 15.5 Å². The molecule has 2 aromatic rings.